The largest absolute Gasteiger partial charge is 0.344 e. The lowest BCUT2D eigenvalue weighted by atomic mass is 10.2. The van der Waals surface area contributed by atoms with Crippen molar-refractivity contribution in [2.24, 2.45) is 5.92 Å². The zero-order valence-electron chi connectivity index (χ0n) is 12.1. The van der Waals surface area contributed by atoms with E-state index in [-0.39, 0.29) is 0 Å². The molecule has 1 saturated heterocycles. The van der Waals surface area contributed by atoms with Crippen LogP contribution in [0.5, 0.6) is 0 Å². The predicted octanol–water partition coefficient (Wildman–Crippen LogP) is 3.46. The molecule has 2 atom stereocenters. The highest BCUT2D eigenvalue weighted by Gasteiger charge is 2.28. The number of nitrogens with one attached hydrogen (secondary N) is 2. The summed E-state index contributed by atoms with van der Waals surface area (Å²) >= 11 is 4.16. The maximum Gasteiger partial charge on any atom is 0.120 e. The zero-order valence-corrected chi connectivity index (χ0v) is 13.7. The molecule has 0 aliphatic carbocycles. The van der Waals surface area contributed by atoms with E-state index in [9.17, 15) is 0 Å². The minimum Gasteiger partial charge on any atom is -0.344 e. The van der Waals surface area contributed by atoms with Gasteiger partial charge in [0.05, 0.1) is 5.25 Å². The summed E-state index contributed by atoms with van der Waals surface area (Å²) in [5.41, 5.74) is 1.21. The third-order valence-electron chi connectivity index (χ3n) is 3.24. The molecule has 1 aromatic rings. The SMILES string of the molecule is CCC1SCCSC1c1ncc(CNCC(C)C)[nH]1. The Bertz CT molecular complexity index is 379. The van der Waals surface area contributed by atoms with Gasteiger partial charge in [-0.05, 0) is 18.9 Å². The van der Waals surface area contributed by atoms with Crippen LogP contribution in [0, 0.1) is 5.92 Å². The van der Waals surface area contributed by atoms with Crippen molar-refractivity contribution < 1.29 is 0 Å². The summed E-state index contributed by atoms with van der Waals surface area (Å²) in [5.74, 6) is 4.39. The molecule has 2 rings (SSSR count). The van der Waals surface area contributed by atoms with Crippen molar-refractivity contribution >= 4 is 23.5 Å². The lowest BCUT2D eigenvalue weighted by Gasteiger charge is -2.28. The first kappa shape index (κ1) is 15.3. The summed E-state index contributed by atoms with van der Waals surface area (Å²) in [6.07, 6.45) is 3.22. The fraction of sp³-hybridized carbons (Fsp3) is 0.786. The predicted molar refractivity (Wildman–Crippen MR) is 86.9 cm³/mol. The van der Waals surface area contributed by atoms with Crippen molar-refractivity contribution in [1.82, 2.24) is 15.3 Å². The van der Waals surface area contributed by atoms with Crippen molar-refractivity contribution in [1.29, 1.82) is 0 Å². The number of H-pyrrole nitrogens is 1. The van der Waals surface area contributed by atoms with Crippen LogP contribution in [0.4, 0.5) is 0 Å². The quantitative estimate of drug-likeness (QED) is 0.844. The molecule has 0 spiro atoms. The number of nitrogens with zero attached hydrogens (tertiary/aromatic N) is 1. The summed E-state index contributed by atoms with van der Waals surface area (Å²) < 4.78 is 0. The van der Waals surface area contributed by atoms with Crippen LogP contribution in [0.2, 0.25) is 0 Å². The standard InChI is InChI=1S/C14H25N3S2/c1-4-12-13(19-6-5-18-12)14-16-9-11(17-14)8-15-7-10(2)3/h9-10,12-13,15H,4-8H2,1-3H3,(H,16,17). The van der Waals surface area contributed by atoms with E-state index in [0.717, 1.165) is 13.1 Å². The average Bonchev–Trinajstić information content (AvgIpc) is 2.87. The number of imidazole rings is 1. The molecule has 0 saturated carbocycles. The van der Waals surface area contributed by atoms with Crippen molar-refractivity contribution in [3.8, 4) is 0 Å². The summed E-state index contributed by atoms with van der Waals surface area (Å²) in [7, 11) is 0. The highest BCUT2D eigenvalue weighted by molar-refractivity contribution is 8.06. The molecule has 1 fully saturated rings. The van der Waals surface area contributed by atoms with Crippen molar-refractivity contribution in [3.05, 3.63) is 17.7 Å². The molecule has 19 heavy (non-hydrogen) atoms. The Balaban J connectivity index is 1.91. The molecular formula is C14H25N3S2. The van der Waals surface area contributed by atoms with Crippen LogP contribution in [0.25, 0.3) is 0 Å². The number of thioether (sulfide) groups is 2. The van der Waals surface area contributed by atoms with Gasteiger partial charge >= 0.3 is 0 Å². The van der Waals surface area contributed by atoms with Crippen LogP contribution in [0.3, 0.4) is 0 Å². The molecule has 0 amide bonds. The van der Waals surface area contributed by atoms with E-state index >= 15 is 0 Å². The molecule has 1 aliphatic heterocycles. The fourth-order valence-corrected chi connectivity index (χ4v) is 5.28. The molecule has 1 aliphatic rings. The van der Waals surface area contributed by atoms with Crippen molar-refractivity contribution in [3.63, 3.8) is 0 Å². The Morgan fingerprint density at radius 1 is 1.42 bits per heavy atom. The van der Waals surface area contributed by atoms with Gasteiger partial charge in [0, 0.05) is 35.2 Å². The van der Waals surface area contributed by atoms with Crippen LogP contribution in [0.1, 0.15) is 44.0 Å². The smallest absolute Gasteiger partial charge is 0.120 e. The maximum absolute atomic E-state index is 4.61. The topological polar surface area (TPSA) is 40.7 Å². The van der Waals surface area contributed by atoms with Crippen LogP contribution in [-0.2, 0) is 6.54 Å². The summed E-state index contributed by atoms with van der Waals surface area (Å²) in [4.78, 5) is 8.12. The van der Waals surface area contributed by atoms with Gasteiger partial charge < -0.3 is 10.3 Å². The first-order valence-corrected chi connectivity index (χ1v) is 9.28. The van der Waals surface area contributed by atoms with Crippen LogP contribution >= 0.6 is 23.5 Å². The summed E-state index contributed by atoms with van der Waals surface area (Å²) in [6, 6.07) is 0. The van der Waals surface area contributed by atoms with Crippen LogP contribution in [-0.4, -0.2) is 33.3 Å². The lowest BCUT2D eigenvalue weighted by Crippen LogP contribution is -2.20. The number of rotatable bonds is 6. The first-order valence-electron chi connectivity index (χ1n) is 7.18. The van der Waals surface area contributed by atoms with E-state index in [1.807, 2.05) is 6.20 Å². The normalized spacial score (nSPS) is 24.0. The van der Waals surface area contributed by atoms with Gasteiger partial charge in [-0.2, -0.15) is 11.8 Å². The second-order valence-electron chi connectivity index (χ2n) is 5.43. The monoisotopic (exact) mass is 299 g/mol. The summed E-state index contributed by atoms with van der Waals surface area (Å²) in [6.45, 7) is 8.69. The van der Waals surface area contributed by atoms with Gasteiger partial charge in [-0.1, -0.05) is 20.8 Å². The van der Waals surface area contributed by atoms with Gasteiger partial charge in [-0.3, -0.25) is 0 Å². The fourth-order valence-electron chi connectivity index (χ4n) is 2.26. The zero-order chi connectivity index (χ0) is 13.7. The summed E-state index contributed by atoms with van der Waals surface area (Å²) in [5, 5.41) is 4.71. The van der Waals surface area contributed by atoms with Gasteiger partial charge in [0.15, 0.2) is 0 Å². The molecule has 3 nitrogen and oxygen atoms in total. The molecule has 0 aromatic carbocycles. The molecule has 2 heterocycles. The minimum absolute atomic E-state index is 0.544. The Morgan fingerprint density at radius 3 is 2.95 bits per heavy atom. The van der Waals surface area contributed by atoms with Crippen LogP contribution < -0.4 is 5.32 Å². The highest BCUT2D eigenvalue weighted by atomic mass is 32.2. The number of aromatic nitrogens is 2. The second kappa shape index (κ2) is 7.60. The van der Waals surface area contributed by atoms with E-state index < -0.39 is 0 Å². The molecule has 1 aromatic heterocycles. The molecule has 108 valence electrons. The third kappa shape index (κ3) is 4.43. The van der Waals surface area contributed by atoms with E-state index in [0.29, 0.717) is 16.4 Å². The Kier molecular flexibility index (Phi) is 6.10. The number of hydrogen-bond donors (Lipinski definition) is 2. The Labute approximate surface area is 125 Å². The minimum atomic E-state index is 0.544. The molecule has 2 unspecified atom stereocenters. The third-order valence-corrected chi connectivity index (χ3v) is 6.49. The lowest BCUT2D eigenvalue weighted by molar-refractivity contribution is 0.548. The van der Waals surface area contributed by atoms with Gasteiger partial charge in [-0.25, -0.2) is 4.98 Å². The van der Waals surface area contributed by atoms with E-state index in [1.165, 1.54) is 29.4 Å². The number of hydrogen-bond acceptors (Lipinski definition) is 4. The molecule has 0 bridgehead atoms. The van der Waals surface area contributed by atoms with Crippen LogP contribution in [0.15, 0.2) is 6.20 Å². The Morgan fingerprint density at radius 2 is 2.21 bits per heavy atom. The van der Waals surface area contributed by atoms with Gasteiger partial charge in [0.25, 0.3) is 0 Å². The Hall–Kier alpha value is -0.130. The van der Waals surface area contributed by atoms with Crippen molar-refractivity contribution in [2.75, 3.05) is 18.1 Å². The molecule has 5 heteroatoms. The second-order valence-corrected chi connectivity index (χ2v) is 8.02. The molecule has 2 N–H and O–H groups in total. The van der Waals surface area contributed by atoms with Gasteiger partial charge in [0.2, 0.25) is 0 Å². The van der Waals surface area contributed by atoms with E-state index in [2.05, 4.69) is 59.6 Å². The highest BCUT2D eigenvalue weighted by Crippen LogP contribution is 2.42. The molecular weight excluding hydrogens is 274 g/mol. The van der Waals surface area contributed by atoms with Gasteiger partial charge in [-0.15, -0.1) is 11.8 Å². The van der Waals surface area contributed by atoms with Crippen molar-refractivity contribution in [2.45, 2.75) is 44.2 Å². The molecule has 0 radical (unpaired) electrons. The van der Waals surface area contributed by atoms with E-state index in [1.54, 1.807) is 0 Å². The average molecular weight is 300 g/mol. The van der Waals surface area contributed by atoms with E-state index in [4.69, 9.17) is 0 Å². The first-order chi connectivity index (χ1) is 9.20. The number of aromatic amines is 1. The maximum atomic E-state index is 4.61. The van der Waals surface area contributed by atoms with Gasteiger partial charge in [0.1, 0.15) is 5.82 Å².